The van der Waals surface area contributed by atoms with Crippen molar-refractivity contribution in [3.63, 3.8) is 0 Å². The lowest BCUT2D eigenvalue weighted by Gasteiger charge is -2.22. The largest absolute Gasteiger partial charge is 0.309 e. The first-order valence-electron chi connectivity index (χ1n) is 22.1. The summed E-state index contributed by atoms with van der Waals surface area (Å²) in [6.07, 6.45) is 0. The van der Waals surface area contributed by atoms with Crippen LogP contribution in [0.15, 0.2) is 188 Å². The third kappa shape index (κ3) is 4.97. The van der Waals surface area contributed by atoms with Crippen LogP contribution in [0.1, 0.15) is 36.5 Å². The fourth-order valence-corrected chi connectivity index (χ4v) is 11.1. The fraction of sp³-hybridized carbons (Fsp3) is 0.0508. The van der Waals surface area contributed by atoms with E-state index in [4.69, 9.17) is 0 Å². The van der Waals surface area contributed by atoms with E-state index in [0.717, 1.165) is 116 Å². The minimum Gasteiger partial charge on any atom is -0.309 e. The Labute approximate surface area is 373 Å². The maximum atomic E-state index is 11.5. The summed E-state index contributed by atoms with van der Waals surface area (Å²) in [5.74, 6) is -0.154. The minimum absolute atomic E-state index is 0.154. The topological polar surface area (TPSA) is 67.3 Å². The number of aromatic nitrogens is 4. The Kier molecular flexibility index (Phi) is 7.83. The number of hydrogen-bond donors (Lipinski definition) is 0. The maximum Gasteiger partial charge on any atom is 0.102 e. The third-order valence-corrected chi connectivity index (χ3v) is 13.6. The molecule has 0 radical (unpaired) electrons. The molecule has 0 aliphatic rings. The molecule has 304 valence electrons. The second-order valence-electron chi connectivity index (χ2n) is 17.2. The van der Waals surface area contributed by atoms with E-state index in [1.807, 2.05) is 0 Å². The lowest BCUT2D eigenvalue weighted by molar-refractivity contribution is 0.852. The Hall–Kier alpha value is -8.84. The van der Waals surface area contributed by atoms with Crippen LogP contribution in [0.5, 0.6) is 0 Å². The Balaban J connectivity index is 1.24. The molecule has 0 saturated carbocycles. The molecule has 13 rings (SSSR count). The highest BCUT2D eigenvalue weighted by atomic mass is 15.0. The van der Waals surface area contributed by atoms with Crippen molar-refractivity contribution in [3.05, 3.63) is 205 Å². The summed E-state index contributed by atoms with van der Waals surface area (Å²) in [4.78, 5) is 0. The fourth-order valence-electron chi connectivity index (χ4n) is 11.1. The molecule has 0 bridgehead atoms. The molecule has 0 N–H and O–H groups in total. The van der Waals surface area contributed by atoms with Crippen molar-refractivity contribution in [1.82, 2.24) is 18.3 Å². The zero-order valence-electron chi connectivity index (χ0n) is 35.7. The van der Waals surface area contributed by atoms with Crippen LogP contribution in [0.2, 0.25) is 0 Å². The van der Waals surface area contributed by atoms with Gasteiger partial charge < -0.3 is 18.3 Å². The van der Waals surface area contributed by atoms with Crippen molar-refractivity contribution < 1.29 is 0 Å². The van der Waals surface area contributed by atoms with Crippen LogP contribution < -0.4 is 0 Å². The van der Waals surface area contributed by atoms with Gasteiger partial charge in [0.1, 0.15) is 12.1 Å². The summed E-state index contributed by atoms with van der Waals surface area (Å²) in [7, 11) is 0. The number of rotatable bonds is 5. The van der Waals surface area contributed by atoms with Gasteiger partial charge in [-0.1, -0.05) is 135 Å². The Morgan fingerprint density at radius 2 is 0.708 bits per heavy atom. The first-order valence-corrected chi connectivity index (χ1v) is 22.1. The van der Waals surface area contributed by atoms with E-state index in [1.54, 1.807) is 0 Å². The summed E-state index contributed by atoms with van der Waals surface area (Å²) in [5.41, 5.74) is 13.7. The van der Waals surface area contributed by atoms with Gasteiger partial charge in [0.2, 0.25) is 0 Å². The quantitative estimate of drug-likeness (QED) is 0.173. The first-order chi connectivity index (χ1) is 32.1. The summed E-state index contributed by atoms with van der Waals surface area (Å²) in [5, 5.41) is 31.8. The molecule has 4 heterocycles. The monoisotopic (exact) mass is 830 g/mol. The highest BCUT2D eigenvalue weighted by Crippen LogP contribution is 2.47. The average Bonchev–Trinajstić information content (AvgIpc) is 4.08. The Morgan fingerprint density at radius 3 is 1.09 bits per heavy atom. The van der Waals surface area contributed by atoms with Gasteiger partial charge in [0, 0.05) is 54.5 Å². The average molecular weight is 831 g/mol. The van der Waals surface area contributed by atoms with Crippen molar-refractivity contribution in [2.24, 2.45) is 0 Å². The molecule has 0 aliphatic heterocycles. The predicted octanol–water partition coefficient (Wildman–Crippen LogP) is 14.9. The molecular formula is C59H38N6. The number of para-hydroxylation sites is 6. The number of nitrogens with zero attached hydrogens (tertiary/aromatic N) is 6. The third-order valence-electron chi connectivity index (χ3n) is 13.6. The number of hydrogen-bond acceptors (Lipinski definition) is 2. The van der Waals surface area contributed by atoms with Gasteiger partial charge in [-0.3, -0.25) is 0 Å². The van der Waals surface area contributed by atoms with Crippen molar-refractivity contribution >= 4 is 87.2 Å². The summed E-state index contributed by atoms with van der Waals surface area (Å²) in [6, 6.07) is 71.8. The molecule has 0 fully saturated rings. The van der Waals surface area contributed by atoms with E-state index in [0.29, 0.717) is 11.1 Å². The number of nitriles is 2. The Morgan fingerprint density at radius 1 is 0.354 bits per heavy atom. The molecule has 0 spiro atoms. The lowest BCUT2D eigenvalue weighted by Crippen LogP contribution is -2.10. The lowest BCUT2D eigenvalue weighted by atomic mass is 9.90. The molecule has 0 amide bonds. The normalized spacial score (nSPS) is 12.0. The molecular weight excluding hydrogens is 793 g/mol. The van der Waals surface area contributed by atoms with E-state index in [1.165, 1.54) is 0 Å². The van der Waals surface area contributed by atoms with Gasteiger partial charge in [0.25, 0.3) is 0 Å². The zero-order valence-corrected chi connectivity index (χ0v) is 35.7. The maximum absolute atomic E-state index is 11.5. The van der Waals surface area contributed by atoms with Crippen LogP contribution in [0.25, 0.3) is 110 Å². The van der Waals surface area contributed by atoms with E-state index >= 15 is 0 Å². The molecule has 4 aromatic heterocycles. The smallest absolute Gasteiger partial charge is 0.102 e. The van der Waals surface area contributed by atoms with Crippen molar-refractivity contribution in [3.8, 4) is 34.9 Å². The first kappa shape index (κ1) is 36.8. The second-order valence-corrected chi connectivity index (χ2v) is 17.2. The molecule has 0 unspecified atom stereocenters. The van der Waals surface area contributed by atoms with Gasteiger partial charge in [0.05, 0.1) is 66.6 Å². The standard InChI is InChI=1S/C59H38N6/c1-36(2)55-45(34-60)53(64-47-25-13-9-21-39(47)41-29-31-51-56(58(41)64)43-23-11-15-27-49(43)62(51)37-17-5-3-6-18-37)33-54(46(55)35-61)65-48-26-14-10-22-40(48)42-30-32-52-57(59(42)65)44-24-12-16-28-50(44)63(52)38-19-7-4-8-20-38/h3-33,36H,1-2H3. The van der Waals surface area contributed by atoms with Gasteiger partial charge in [-0.15, -0.1) is 0 Å². The van der Waals surface area contributed by atoms with Gasteiger partial charge in [-0.2, -0.15) is 10.5 Å². The van der Waals surface area contributed by atoms with E-state index in [2.05, 4.69) is 232 Å². The van der Waals surface area contributed by atoms with Crippen LogP contribution in [0, 0.1) is 22.7 Å². The van der Waals surface area contributed by atoms with Crippen LogP contribution in [-0.4, -0.2) is 18.3 Å². The SMILES string of the molecule is CC(C)c1c(C#N)c(-n2c3ccccc3c3ccc4c(c5ccccc5n4-c4ccccc4)c32)cc(-n2c3ccccc3c3ccc4c(c5ccccc5n4-c4ccccc4)c32)c1C#N. The van der Waals surface area contributed by atoms with Gasteiger partial charge in [0.15, 0.2) is 0 Å². The van der Waals surface area contributed by atoms with Crippen molar-refractivity contribution in [2.75, 3.05) is 0 Å². The molecule has 0 aliphatic carbocycles. The van der Waals surface area contributed by atoms with E-state index in [-0.39, 0.29) is 5.92 Å². The molecule has 65 heavy (non-hydrogen) atoms. The molecule has 0 atom stereocenters. The molecule has 0 saturated heterocycles. The van der Waals surface area contributed by atoms with Crippen LogP contribution >= 0.6 is 0 Å². The Bertz CT molecular complexity index is 3950. The van der Waals surface area contributed by atoms with E-state index in [9.17, 15) is 10.5 Å². The molecule has 9 aromatic carbocycles. The van der Waals surface area contributed by atoms with Gasteiger partial charge >= 0.3 is 0 Å². The highest BCUT2D eigenvalue weighted by Gasteiger charge is 2.29. The highest BCUT2D eigenvalue weighted by molar-refractivity contribution is 6.28. The second kappa shape index (κ2) is 13.8. The van der Waals surface area contributed by atoms with Crippen LogP contribution in [0.4, 0.5) is 0 Å². The number of benzene rings is 9. The van der Waals surface area contributed by atoms with Crippen LogP contribution in [0.3, 0.4) is 0 Å². The van der Waals surface area contributed by atoms with E-state index < -0.39 is 0 Å². The van der Waals surface area contributed by atoms with Gasteiger partial charge in [-0.05, 0) is 78.2 Å². The van der Waals surface area contributed by atoms with Crippen molar-refractivity contribution in [2.45, 2.75) is 19.8 Å². The molecule has 6 nitrogen and oxygen atoms in total. The molecule has 13 aromatic rings. The number of fused-ring (bicyclic) bond motifs is 14. The summed E-state index contributed by atoms with van der Waals surface area (Å²) >= 11 is 0. The van der Waals surface area contributed by atoms with Gasteiger partial charge in [-0.25, -0.2) is 0 Å². The zero-order chi connectivity index (χ0) is 43.5. The van der Waals surface area contributed by atoms with Crippen molar-refractivity contribution in [1.29, 1.82) is 10.5 Å². The summed E-state index contributed by atoms with van der Waals surface area (Å²) < 4.78 is 9.32. The summed E-state index contributed by atoms with van der Waals surface area (Å²) in [6.45, 7) is 4.19. The minimum atomic E-state index is -0.154. The van der Waals surface area contributed by atoms with Crippen LogP contribution in [-0.2, 0) is 0 Å². The molecule has 6 heteroatoms. The predicted molar refractivity (Wildman–Crippen MR) is 267 cm³/mol.